The van der Waals surface area contributed by atoms with Gasteiger partial charge in [0, 0.05) is 22.9 Å². The number of aromatic amines is 1. The fourth-order valence-corrected chi connectivity index (χ4v) is 3.05. The van der Waals surface area contributed by atoms with Crippen molar-refractivity contribution in [2.45, 2.75) is 39.3 Å². The van der Waals surface area contributed by atoms with Crippen LogP contribution in [0.1, 0.15) is 30.7 Å². The Morgan fingerprint density at radius 1 is 0.960 bits per heavy atom. The summed E-state index contributed by atoms with van der Waals surface area (Å²) < 4.78 is 0. The largest absolute Gasteiger partial charge is 0.363 e. The Kier molecular flexibility index (Phi) is 5.77. The highest BCUT2D eigenvalue weighted by atomic mass is 35.5. The molecule has 3 rings (SSSR count). The minimum absolute atomic E-state index is 0.420. The molecule has 1 N–H and O–H groups in total. The highest BCUT2D eigenvalue weighted by Gasteiger charge is 2.12. The van der Waals surface area contributed by atoms with Gasteiger partial charge in [0.05, 0.1) is 18.6 Å². The van der Waals surface area contributed by atoms with Crippen molar-refractivity contribution >= 4 is 17.3 Å². The molecule has 0 saturated heterocycles. The molecule has 25 heavy (non-hydrogen) atoms. The van der Waals surface area contributed by atoms with Crippen molar-refractivity contribution < 1.29 is 0 Å². The molecule has 130 valence electrons. The van der Waals surface area contributed by atoms with Crippen LogP contribution in [0.25, 0.3) is 0 Å². The van der Waals surface area contributed by atoms with E-state index in [4.69, 9.17) is 11.6 Å². The van der Waals surface area contributed by atoms with Crippen LogP contribution in [-0.4, -0.2) is 16.0 Å². The lowest BCUT2D eigenvalue weighted by atomic mass is 10.0. The maximum Gasteiger partial charge on any atom is 0.0922 e. The first-order chi connectivity index (χ1) is 12.1. The lowest BCUT2D eigenvalue weighted by Crippen LogP contribution is -2.30. The van der Waals surface area contributed by atoms with E-state index in [1.807, 2.05) is 18.3 Å². The van der Waals surface area contributed by atoms with Crippen LogP contribution in [-0.2, 0) is 19.4 Å². The molecule has 0 radical (unpaired) electrons. The molecule has 4 heteroatoms. The van der Waals surface area contributed by atoms with Crippen molar-refractivity contribution in [1.29, 1.82) is 0 Å². The third kappa shape index (κ3) is 4.86. The van der Waals surface area contributed by atoms with Gasteiger partial charge in [0.15, 0.2) is 0 Å². The van der Waals surface area contributed by atoms with Crippen LogP contribution in [0.2, 0.25) is 5.02 Å². The van der Waals surface area contributed by atoms with Crippen LogP contribution < -0.4 is 4.90 Å². The third-order valence-corrected chi connectivity index (χ3v) is 4.65. The van der Waals surface area contributed by atoms with Gasteiger partial charge >= 0.3 is 0 Å². The summed E-state index contributed by atoms with van der Waals surface area (Å²) in [6, 6.07) is 17.4. The molecule has 0 fully saturated rings. The summed E-state index contributed by atoms with van der Waals surface area (Å²) in [5.41, 5.74) is 5.03. The van der Waals surface area contributed by atoms with Gasteiger partial charge in [0.2, 0.25) is 0 Å². The van der Waals surface area contributed by atoms with Gasteiger partial charge in [-0.2, -0.15) is 0 Å². The lowest BCUT2D eigenvalue weighted by Gasteiger charge is -2.28. The molecule has 2 aromatic carbocycles. The summed E-state index contributed by atoms with van der Waals surface area (Å²) in [4.78, 5) is 9.67. The molecule has 0 bridgehead atoms. The zero-order chi connectivity index (χ0) is 17.6. The van der Waals surface area contributed by atoms with E-state index in [1.165, 1.54) is 16.8 Å². The van der Waals surface area contributed by atoms with E-state index in [2.05, 4.69) is 65.1 Å². The van der Waals surface area contributed by atoms with Gasteiger partial charge in [0.1, 0.15) is 0 Å². The Labute approximate surface area is 154 Å². The number of halogens is 1. The van der Waals surface area contributed by atoms with Crippen LogP contribution in [0, 0.1) is 0 Å². The molecule has 0 aliphatic rings. The topological polar surface area (TPSA) is 31.9 Å². The maximum absolute atomic E-state index is 5.94. The number of aryl methyl sites for hydroxylation is 2. The molecule has 0 aliphatic heterocycles. The first kappa shape index (κ1) is 17.6. The number of benzene rings is 2. The molecule has 0 atom stereocenters. The quantitative estimate of drug-likeness (QED) is 0.628. The maximum atomic E-state index is 5.94. The summed E-state index contributed by atoms with van der Waals surface area (Å²) in [6.45, 7) is 5.26. The predicted molar refractivity (Wildman–Crippen MR) is 105 cm³/mol. The minimum atomic E-state index is 0.420. The van der Waals surface area contributed by atoms with Gasteiger partial charge in [-0.3, -0.25) is 0 Å². The SMILES string of the molecule is CC(C)N(Cc1cnc[nH]1)c1ccc(CCc2ccc(Cl)cc2)cc1. The average molecular weight is 354 g/mol. The molecule has 0 spiro atoms. The zero-order valence-electron chi connectivity index (χ0n) is 14.7. The Morgan fingerprint density at radius 3 is 2.08 bits per heavy atom. The molecule has 3 nitrogen and oxygen atoms in total. The number of H-pyrrole nitrogens is 1. The van der Waals surface area contributed by atoms with E-state index in [-0.39, 0.29) is 0 Å². The summed E-state index contributed by atoms with van der Waals surface area (Å²) in [5.74, 6) is 0. The number of hydrogen-bond donors (Lipinski definition) is 1. The van der Waals surface area contributed by atoms with Crippen molar-refractivity contribution in [1.82, 2.24) is 9.97 Å². The van der Waals surface area contributed by atoms with E-state index >= 15 is 0 Å². The molecule has 1 aromatic heterocycles. The summed E-state index contributed by atoms with van der Waals surface area (Å²) in [6.07, 6.45) is 5.67. The second-order valence-corrected chi connectivity index (χ2v) is 7.03. The van der Waals surface area contributed by atoms with Crippen molar-refractivity contribution in [2.24, 2.45) is 0 Å². The molecule has 0 amide bonds. The first-order valence-electron chi connectivity index (χ1n) is 8.69. The highest BCUT2D eigenvalue weighted by Crippen LogP contribution is 2.21. The highest BCUT2D eigenvalue weighted by molar-refractivity contribution is 6.30. The van der Waals surface area contributed by atoms with Gasteiger partial charge in [0.25, 0.3) is 0 Å². The van der Waals surface area contributed by atoms with Gasteiger partial charge in [-0.05, 0) is 62.1 Å². The van der Waals surface area contributed by atoms with E-state index in [1.54, 1.807) is 6.33 Å². The van der Waals surface area contributed by atoms with Crippen molar-refractivity contribution in [3.63, 3.8) is 0 Å². The number of hydrogen-bond acceptors (Lipinski definition) is 2. The number of nitrogens with one attached hydrogen (secondary N) is 1. The second-order valence-electron chi connectivity index (χ2n) is 6.59. The molecular formula is C21H24ClN3. The summed E-state index contributed by atoms with van der Waals surface area (Å²) in [5, 5.41) is 0.791. The number of anilines is 1. The summed E-state index contributed by atoms with van der Waals surface area (Å²) >= 11 is 5.94. The second kappa shape index (κ2) is 8.21. The number of nitrogens with zero attached hydrogens (tertiary/aromatic N) is 2. The van der Waals surface area contributed by atoms with Gasteiger partial charge in [-0.25, -0.2) is 4.98 Å². The first-order valence-corrected chi connectivity index (χ1v) is 9.07. The molecule has 1 heterocycles. The number of aromatic nitrogens is 2. The minimum Gasteiger partial charge on any atom is -0.363 e. The fourth-order valence-electron chi connectivity index (χ4n) is 2.92. The predicted octanol–water partition coefficient (Wildman–Crippen LogP) is 5.26. The van der Waals surface area contributed by atoms with E-state index < -0.39 is 0 Å². The Balaban J connectivity index is 1.64. The van der Waals surface area contributed by atoms with Crippen LogP contribution in [0.15, 0.2) is 61.1 Å². The Morgan fingerprint density at radius 2 is 1.56 bits per heavy atom. The fraction of sp³-hybridized carbons (Fsp3) is 0.286. The monoisotopic (exact) mass is 353 g/mol. The van der Waals surface area contributed by atoms with E-state index in [0.29, 0.717) is 6.04 Å². The lowest BCUT2D eigenvalue weighted by molar-refractivity contribution is 0.675. The molecule has 0 saturated carbocycles. The van der Waals surface area contributed by atoms with Gasteiger partial charge in [-0.1, -0.05) is 35.9 Å². The van der Waals surface area contributed by atoms with Crippen molar-refractivity contribution in [2.75, 3.05) is 4.90 Å². The van der Waals surface area contributed by atoms with E-state index in [9.17, 15) is 0 Å². The van der Waals surface area contributed by atoms with Gasteiger partial charge < -0.3 is 9.88 Å². The van der Waals surface area contributed by atoms with Gasteiger partial charge in [-0.15, -0.1) is 0 Å². The average Bonchev–Trinajstić information content (AvgIpc) is 3.13. The molecular weight excluding hydrogens is 330 g/mol. The van der Waals surface area contributed by atoms with Crippen molar-refractivity contribution in [3.8, 4) is 0 Å². The van der Waals surface area contributed by atoms with Crippen LogP contribution in [0.4, 0.5) is 5.69 Å². The Bertz CT molecular complexity index is 762. The molecule has 0 unspecified atom stereocenters. The van der Waals surface area contributed by atoms with Crippen LogP contribution >= 0.6 is 11.6 Å². The molecule has 3 aromatic rings. The Hall–Kier alpha value is -2.26. The number of rotatable bonds is 7. The van der Waals surface area contributed by atoms with Crippen molar-refractivity contribution in [3.05, 3.63) is 82.9 Å². The summed E-state index contributed by atoms with van der Waals surface area (Å²) in [7, 11) is 0. The van der Waals surface area contributed by atoms with Crippen LogP contribution in [0.3, 0.4) is 0 Å². The zero-order valence-corrected chi connectivity index (χ0v) is 15.5. The van der Waals surface area contributed by atoms with E-state index in [0.717, 1.165) is 30.1 Å². The third-order valence-electron chi connectivity index (χ3n) is 4.40. The smallest absolute Gasteiger partial charge is 0.0922 e. The molecule has 0 aliphatic carbocycles. The normalized spacial score (nSPS) is 11.0. The van der Waals surface area contributed by atoms with Crippen LogP contribution in [0.5, 0.6) is 0 Å². The number of imidazole rings is 1. The standard InChI is InChI=1S/C21H24ClN3/c1-16(2)25(14-20-13-23-15-24-20)21-11-7-18(8-12-21)4-3-17-5-9-19(22)10-6-17/h5-13,15-16H,3-4,14H2,1-2H3,(H,23,24).